The van der Waals surface area contributed by atoms with E-state index in [1.807, 2.05) is 0 Å². The Morgan fingerprint density at radius 3 is 3.00 bits per heavy atom. The van der Waals surface area contributed by atoms with Crippen molar-refractivity contribution in [3.63, 3.8) is 0 Å². The van der Waals surface area contributed by atoms with E-state index in [1.54, 1.807) is 6.33 Å². The predicted molar refractivity (Wildman–Crippen MR) is 54.8 cm³/mol. The summed E-state index contributed by atoms with van der Waals surface area (Å²) in [6.45, 7) is 0. The highest BCUT2D eigenvalue weighted by atomic mass is 28.2. The summed E-state index contributed by atoms with van der Waals surface area (Å²) in [5.41, 5.74) is 2.55. The zero-order chi connectivity index (χ0) is 8.55. The fourth-order valence-electron chi connectivity index (χ4n) is 1.12. The second-order valence-corrected chi connectivity index (χ2v) is 3.86. The number of anilines is 1. The molecule has 0 aliphatic heterocycles. The van der Waals surface area contributed by atoms with Crippen molar-refractivity contribution in [2.75, 3.05) is 4.98 Å². The van der Waals surface area contributed by atoms with E-state index in [1.165, 1.54) is 0 Å². The van der Waals surface area contributed by atoms with E-state index in [2.05, 4.69) is 24.9 Å². The molecule has 2 aromatic heterocycles. The van der Waals surface area contributed by atoms with Crippen LogP contribution in [0.15, 0.2) is 6.33 Å². The van der Waals surface area contributed by atoms with Crippen molar-refractivity contribution in [2.45, 2.75) is 0 Å². The van der Waals surface area contributed by atoms with Gasteiger partial charge in [0.25, 0.3) is 0 Å². The molecule has 0 bridgehead atoms. The lowest BCUT2D eigenvalue weighted by Gasteiger charge is -2.00. The maximum Gasteiger partial charge on any atom is 0.182 e. The fourth-order valence-corrected chi connectivity index (χ4v) is 1.92. The number of rotatable bonds is 1. The summed E-state index contributed by atoms with van der Waals surface area (Å²) in [4.78, 5) is 18.7. The number of hydrogen-bond acceptors (Lipinski definition) is 4. The number of fused-ring (bicyclic) bond motifs is 1. The van der Waals surface area contributed by atoms with Gasteiger partial charge in [-0.05, 0) is 0 Å². The minimum Gasteiger partial charge on any atom is -0.402 e. The Balaban J connectivity index is 2.80. The minimum atomic E-state index is 0.758. The van der Waals surface area contributed by atoms with Gasteiger partial charge in [-0.15, -0.1) is 0 Å². The monoisotopic (exact) mass is 195 g/mol. The van der Waals surface area contributed by atoms with Crippen LogP contribution in [0.2, 0.25) is 0 Å². The summed E-state index contributed by atoms with van der Waals surface area (Å²) in [7, 11) is 1.74. The lowest BCUT2D eigenvalue weighted by atomic mass is 10.5. The van der Waals surface area contributed by atoms with Crippen molar-refractivity contribution in [3.05, 3.63) is 6.33 Å². The molecular weight excluding hydrogens is 186 g/mol. The number of imidazole rings is 1. The van der Waals surface area contributed by atoms with Gasteiger partial charge in [0.15, 0.2) is 5.65 Å². The van der Waals surface area contributed by atoms with Crippen LogP contribution < -0.4 is 10.4 Å². The number of aromatic nitrogens is 4. The largest absolute Gasteiger partial charge is 0.402 e. The van der Waals surface area contributed by atoms with E-state index in [0.29, 0.717) is 0 Å². The first-order valence-corrected chi connectivity index (χ1v) is 5.66. The first-order chi connectivity index (χ1) is 5.81. The van der Waals surface area contributed by atoms with E-state index in [-0.39, 0.29) is 0 Å². The van der Waals surface area contributed by atoms with Gasteiger partial charge in [0.1, 0.15) is 27.2 Å². The average molecular weight is 195 g/mol. The molecule has 0 saturated carbocycles. The quantitative estimate of drug-likeness (QED) is 0.477. The van der Waals surface area contributed by atoms with Gasteiger partial charge in [0.2, 0.25) is 0 Å². The number of nitrogens with one attached hydrogen (secondary N) is 2. The molecule has 2 N–H and O–H groups in total. The van der Waals surface area contributed by atoms with Crippen molar-refractivity contribution >= 4 is 43.1 Å². The predicted octanol–water partition coefficient (Wildman–Crippen LogP) is -2.96. The van der Waals surface area contributed by atoms with E-state index in [9.17, 15) is 0 Å². The Morgan fingerprint density at radius 2 is 2.25 bits per heavy atom. The normalized spacial score (nSPS) is 11.0. The molecule has 0 unspecified atom stereocenters. The molecule has 2 heterocycles. The third kappa shape index (κ3) is 1.03. The minimum absolute atomic E-state index is 0.758. The van der Waals surface area contributed by atoms with Crippen molar-refractivity contribution in [1.29, 1.82) is 0 Å². The molecule has 0 amide bonds. The molecule has 0 saturated heterocycles. The van der Waals surface area contributed by atoms with Gasteiger partial charge in [-0.3, -0.25) is 0 Å². The van der Waals surface area contributed by atoms with E-state index in [4.69, 9.17) is 0 Å². The van der Waals surface area contributed by atoms with Gasteiger partial charge in [-0.25, -0.2) is 15.0 Å². The molecule has 12 heavy (non-hydrogen) atoms. The zero-order valence-corrected chi connectivity index (χ0v) is 10.9. The van der Waals surface area contributed by atoms with Gasteiger partial charge in [0, 0.05) is 0 Å². The Morgan fingerprint density at radius 1 is 1.42 bits per heavy atom. The van der Waals surface area contributed by atoms with Crippen LogP contribution in [0.1, 0.15) is 0 Å². The van der Waals surface area contributed by atoms with Crippen LogP contribution in [-0.4, -0.2) is 40.6 Å². The van der Waals surface area contributed by atoms with Gasteiger partial charge >= 0.3 is 0 Å². The topological polar surface area (TPSA) is 66.5 Å². The van der Waals surface area contributed by atoms with Crippen LogP contribution in [0.5, 0.6) is 0 Å². The van der Waals surface area contributed by atoms with Crippen molar-refractivity contribution in [2.24, 2.45) is 0 Å². The average Bonchev–Trinajstić information content (AvgIpc) is 2.50. The van der Waals surface area contributed by atoms with Crippen LogP contribution in [0.3, 0.4) is 0 Å². The highest BCUT2D eigenvalue weighted by Crippen LogP contribution is 2.11. The maximum atomic E-state index is 4.30. The Labute approximate surface area is 75.0 Å². The summed E-state index contributed by atoms with van der Waals surface area (Å²) in [5.74, 6) is 0.883. The molecule has 7 heteroatoms. The second-order valence-electron chi connectivity index (χ2n) is 2.47. The Hall–Kier alpha value is -1.22. The summed E-state index contributed by atoms with van der Waals surface area (Å²) >= 11 is 0. The highest BCUT2D eigenvalue weighted by Gasteiger charge is 2.04. The summed E-state index contributed by atoms with van der Waals surface area (Å²) < 4.78 is 0. The van der Waals surface area contributed by atoms with Crippen molar-refractivity contribution in [3.8, 4) is 0 Å². The second kappa shape index (κ2) is 2.68. The summed E-state index contributed by atoms with van der Waals surface area (Å²) in [6.07, 6.45) is 1.64. The van der Waals surface area contributed by atoms with Crippen LogP contribution in [0, 0.1) is 0 Å². The highest BCUT2D eigenvalue weighted by molar-refractivity contribution is 6.30. The molecule has 0 fully saturated rings. The van der Waals surface area contributed by atoms with Crippen LogP contribution in [-0.2, 0) is 0 Å². The van der Waals surface area contributed by atoms with E-state index < -0.39 is 0 Å². The Kier molecular flexibility index (Phi) is 1.66. The van der Waals surface area contributed by atoms with Crippen molar-refractivity contribution in [1.82, 2.24) is 19.9 Å². The van der Waals surface area contributed by atoms with Gasteiger partial charge < -0.3 is 9.97 Å². The SMILES string of the molecule is [SiH3]Nc1nc([SiH3])nc2nc[nH]c12. The Bertz CT molecular complexity index is 411. The first-order valence-electron chi connectivity index (χ1n) is 3.66. The fraction of sp³-hybridized carbons (Fsp3) is 0. The van der Waals surface area contributed by atoms with Crippen LogP contribution >= 0.6 is 0 Å². The lowest BCUT2D eigenvalue weighted by Crippen LogP contribution is -2.15. The number of aromatic amines is 1. The molecule has 5 nitrogen and oxygen atoms in total. The number of nitrogens with zero attached hydrogens (tertiary/aromatic N) is 3. The number of H-pyrrole nitrogens is 1. The maximum absolute atomic E-state index is 4.30. The van der Waals surface area contributed by atoms with Gasteiger partial charge in [0.05, 0.1) is 16.6 Å². The lowest BCUT2D eigenvalue weighted by molar-refractivity contribution is 1.27. The molecule has 0 radical (unpaired) electrons. The molecule has 2 rings (SSSR count). The number of hydrogen-bond donors (Lipinski definition) is 2. The van der Waals surface area contributed by atoms with Crippen molar-refractivity contribution < 1.29 is 0 Å². The van der Waals surface area contributed by atoms with E-state index in [0.717, 1.165) is 43.1 Å². The third-order valence-electron chi connectivity index (χ3n) is 1.63. The summed E-state index contributed by atoms with van der Waals surface area (Å²) in [6, 6.07) is 0. The smallest absolute Gasteiger partial charge is 0.182 e. The van der Waals surface area contributed by atoms with E-state index >= 15 is 0 Å². The standard InChI is InChI=1S/C5H9N5Si2/c11-5-8-3-2(6-1-7-3)4(9-5)10-12/h1H,11-12H3,(H2,6,7,8,9,10). The molecule has 0 spiro atoms. The van der Waals surface area contributed by atoms with Crippen LogP contribution in [0.25, 0.3) is 11.2 Å². The molecule has 0 aromatic carbocycles. The van der Waals surface area contributed by atoms with Gasteiger partial charge in [-0.1, -0.05) is 0 Å². The van der Waals surface area contributed by atoms with Gasteiger partial charge in [-0.2, -0.15) is 0 Å². The molecule has 0 atom stereocenters. The molecular formula is C5H9N5Si2. The zero-order valence-electron chi connectivity index (χ0n) is 6.92. The van der Waals surface area contributed by atoms with Crippen LogP contribution in [0.4, 0.5) is 5.82 Å². The summed E-state index contributed by atoms with van der Waals surface area (Å²) in [5, 5.41) is 0. The molecule has 0 aliphatic rings. The molecule has 0 aliphatic carbocycles. The molecule has 62 valence electrons. The first kappa shape index (κ1) is 7.43. The third-order valence-corrected chi connectivity index (χ3v) is 2.56. The molecule has 2 aromatic rings.